The van der Waals surface area contributed by atoms with Gasteiger partial charge in [-0.05, 0) is 24.5 Å². The largest absolute Gasteiger partial charge is 0.380 e. The van der Waals surface area contributed by atoms with Gasteiger partial charge in [-0.25, -0.2) is 8.42 Å². The van der Waals surface area contributed by atoms with Crippen LogP contribution in [0, 0.1) is 0 Å². The number of hydrogen-bond acceptors (Lipinski definition) is 5. The van der Waals surface area contributed by atoms with Crippen molar-refractivity contribution in [3.63, 3.8) is 0 Å². The number of benzene rings is 1. The number of nitrogens with two attached hydrogens (primary N) is 1. The van der Waals surface area contributed by atoms with Crippen molar-refractivity contribution in [2.45, 2.75) is 23.3 Å². The number of sulfone groups is 1. The lowest BCUT2D eigenvalue weighted by molar-refractivity contribution is 0.0736. The maximum absolute atomic E-state index is 12.3. The summed E-state index contributed by atoms with van der Waals surface area (Å²) in [4.78, 5) is 2.78. The highest BCUT2D eigenvalue weighted by Crippen LogP contribution is 2.41. The van der Waals surface area contributed by atoms with Crippen molar-refractivity contribution < 1.29 is 13.2 Å². The third-order valence-corrected chi connectivity index (χ3v) is 6.44. The second-order valence-corrected chi connectivity index (χ2v) is 7.83. The maximum atomic E-state index is 12.3. The Kier molecular flexibility index (Phi) is 4.05. The fraction of sp³-hybridized carbons (Fsp3) is 0.600. The fourth-order valence-corrected chi connectivity index (χ4v) is 5.22. The average molecular weight is 310 g/mol. The Labute approximate surface area is 126 Å². The van der Waals surface area contributed by atoms with Crippen LogP contribution in [0.3, 0.4) is 0 Å². The van der Waals surface area contributed by atoms with Crippen molar-refractivity contribution in [3.05, 3.63) is 29.8 Å². The molecule has 6 heteroatoms. The summed E-state index contributed by atoms with van der Waals surface area (Å²) < 4.78 is 30.2. The van der Waals surface area contributed by atoms with E-state index < -0.39 is 9.84 Å². The van der Waals surface area contributed by atoms with E-state index in [0.717, 1.165) is 31.7 Å². The predicted octanol–water partition coefficient (Wildman–Crippen LogP) is 0.740. The quantitative estimate of drug-likeness (QED) is 0.872. The molecule has 2 aliphatic heterocycles. The number of nitrogens with zero attached hydrogens (tertiary/aromatic N) is 1. The molecule has 0 saturated carbocycles. The number of rotatable bonds is 2. The molecular weight excluding hydrogens is 288 g/mol. The number of fused-ring (bicyclic) bond motifs is 1. The molecule has 0 amide bonds. The van der Waals surface area contributed by atoms with Crippen molar-refractivity contribution in [1.29, 1.82) is 0 Å². The highest BCUT2D eigenvalue weighted by atomic mass is 32.2. The van der Waals surface area contributed by atoms with Gasteiger partial charge in [-0.3, -0.25) is 4.90 Å². The summed E-state index contributed by atoms with van der Waals surface area (Å²) in [6.07, 6.45) is 1.51. The molecule has 0 bridgehead atoms. The Morgan fingerprint density at radius 3 is 2.86 bits per heavy atom. The van der Waals surface area contributed by atoms with E-state index in [-0.39, 0.29) is 11.3 Å². The molecule has 0 aromatic heterocycles. The molecule has 5 nitrogen and oxygen atoms in total. The Hall–Kier alpha value is -0.950. The van der Waals surface area contributed by atoms with Gasteiger partial charge in [-0.1, -0.05) is 18.2 Å². The minimum Gasteiger partial charge on any atom is -0.380 e. The van der Waals surface area contributed by atoms with Crippen molar-refractivity contribution >= 4 is 9.84 Å². The summed E-state index contributed by atoms with van der Waals surface area (Å²) in [5, 5.41) is 0. The minimum absolute atomic E-state index is 0.165. The van der Waals surface area contributed by atoms with Gasteiger partial charge in [-0.15, -0.1) is 0 Å². The fourth-order valence-electron chi connectivity index (χ4n) is 3.51. The number of ether oxygens (including phenoxy) is 1. The van der Waals surface area contributed by atoms with E-state index in [1.165, 1.54) is 0 Å². The molecule has 1 fully saturated rings. The molecule has 2 aliphatic rings. The van der Waals surface area contributed by atoms with Crippen LogP contribution in [0.15, 0.2) is 29.2 Å². The monoisotopic (exact) mass is 310 g/mol. The minimum atomic E-state index is -3.18. The molecule has 2 N–H and O–H groups in total. The first-order valence-corrected chi connectivity index (χ1v) is 9.10. The van der Waals surface area contributed by atoms with Crippen LogP contribution in [0.5, 0.6) is 0 Å². The van der Waals surface area contributed by atoms with Crippen LogP contribution in [-0.4, -0.2) is 51.9 Å². The van der Waals surface area contributed by atoms with Crippen LogP contribution < -0.4 is 5.73 Å². The number of hydrogen-bond donors (Lipinski definition) is 1. The van der Waals surface area contributed by atoms with Gasteiger partial charge in [0.15, 0.2) is 9.84 Å². The molecule has 1 atom stereocenters. The van der Waals surface area contributed by atoms with Gasteiger partial charge in [0.05, 0.1) is 22.8 Å². The normalized spacial score (nSPS) is 29.6. The maximum Gasteiger partial charge on any atom is 0.178 e. The van der Waals surface area contributed by atoms with Crippen LogP contribution in [-0.2, 0) is 20.1 Å². The highest BCUT2D eigenvalue weighted by Gasteiger charge is 2.45. The lowest BCUT2D eigenvalue weighted by Crippen LogP contribution is -2.55. The van der Waals surface area contributed by atoms with Crippen LogP contribution in [0.25, 0.3) is 0 Å². The molecule has 1 aromatic rings. The van der Waals surface area contributed by atoms with E-state index in [9.17, 15) is 8.42 Å². The van der Waals surface area contributed by atoms with Crippen LogP contribution in [0.2, 0.25) is 0 Å². The Morgan fingerprint density at radius 2 is 2.05 bits per heavy atom. The predicted molar refractivity (Wildman–Crippen MR) is 80.9 cm³/mol. The third kappa shape index (κ3) is 2.50. The Morgan fingerprint density at radius 1 is 1.24 bits per heavy atom. The summed E-state index contributed by atoms with van der Waals surface area (Å²) in [6.45, 7) is 3.56. The van der Waals surface area contributed by atoms with Gasteiger partial charge in [0.2, 0.25) is 0 Å². The zero-order chi connectivity index (χ0) is 14.9. The molecule has 0 radical (unpaired) electrons. The van der Waals surface area contributed by atoms with Crippen molar-refractivity contribution in [2.75, 3.05) is 38.6 Å². The summed E-state index contributed by atoms with van der Waals surface area (Å²) in [5.74, 6) is 0.165. The van der Waals surface area contributed by atoms with Gasteiger partial charge < -0.3 is 10.5 Å². The van der Waals surface area contributed by atoms with Crippen molar-refractivity contribution in [3.8, 4) is 0 Å². The van der Waals surface area contributed by atoms with E-state index in [2.05, 4.69) is 4.90 Å². The van der Waals surface area contributed by atoms with E-state index in [4.69, 9.17) is 10.5 Å². The Balaban J connectivity index is 2.10. The summed E-state index contributed by atoms with van der Waals surface area (Å²) in [7, 11) is -3.18. The Bertz CT molecular complexity index is 609. The van der Waals surface area contributed by atoms with E-state index in [1.807, 2.05) is 12.1 Å². The lowest BCUT2D eigenvalue weighted by Gasteiger charge is -2.46. The molecular formula is C15H22N2O3S. The van der Waals surface area contributed by atoms with E-state index >= 15 is 0 Å². The highest BCUT2D eigenvalue weighted by molar-refractivity contribution is 7.91. The van der Waals surface area contributed by atoms with E-state index in [0.29, 0.717) is 24.5 Å². The van der Waals surface area contributed by atoms with Gasteiger partial charge in [-0.2, -0.15) is 0 Å². The standard InChI is InChI=1S/C15H22N2O3S/c16-12-15(17-7-3-9-20-10-8-17)6-11-21(18,19)14-5-2-1-4-13(14)15/h1-2,4-5H,3,6-12,16H2. The molecule has 3 rings (SSSR count). The van der Waals surface area contributed by atoms with Gasteiger partial charge >= 0.3 is 0 Å². The third-order valence-electron chi connectivity index (χ3n) is 4.67. The summed E-state index contributed by atoms with van der Waals surface area (Å²) in [5.41, 5.74) is 6.63. The van der Waals surface area contributed by atoms with Crippen LogP contribution in [0.1, 0.15) is 18.4 Å². The van der Waals surface area contributed by atoms with E-state index in [1.54, 1.807) is 12.1 Å². The zero-order valence-electron chi connectivity index (χ0n) is 12.1. The van der Waals surface area contributed by atoms with Crippen LogP contribution in [0.4, 0.5) is 0 Å². The molecule has 0 aliphatic carbocycles. The summed E-state index contributed by atoms with van der Waals surface area (Å²) in [6, 6.07) is 7.32. The first-order valence-electron chi connectivity index (χ1n) is 7.45. The first-order chi connectivity index (χ1) is 10.1. The van der Waals surface area contributed by atoms with Gasteiger partial charge in [0.25, 0.3) is 0 Å². The van der Waals surface area contributed by atoms with Crippen molar-refractivity contribution in [2.24, 2.45) is 5.73 Å². The first kappa shape index (κ1) is 15.0. The van der Waals surface area contributed by atoms with Crippen molar-refractivity contribution in [1.82, 2.24) is 4.90 Å². The topological polar surface area (TPSA) is 72.6 Å². The molecule has 0 spiro atoms. The smallest absolute Gasteiger partial charge is 0.178 e. The average Bonchev–Trinajstić information content (AvgIpc) is 2.78. The summed E-state index contributed by atoms with van der Waals surface area (Å²) >= 11 is 0. The molecule has 116 valence electrons. The van der Waals surface area contributed by atoms with Gasteiger partial charge in [0.1, 0.15) is 0 Å². The van der Waals surface area contributed by atoms with Crippen LogP contribution >= 0.6 is 0 Å². The molecule has 21 heavy (non-hydrogen) atoms. The second kappa shape index (κ2) is 5.68. The lowest BCUT2D eigenvalue weighted by atomic mass is 9.84. The molecule has 1 unspecified atom stereocenters. The molecule has 1 aromatic carbocycles. The molecule has 1 saturated heterocycles. The second-order valence-electron chi connectivity index (χ2n) is 5.75. The van der Waals surface area contributed by atoms with Gasteiger partial charge in [0, 0.05) is 26.2 Å². The zero-order valence-corrected chi connectivity index (χ0v) is 12.9. The SMILES string of the molecule is NCC1(N2CCCOCC2)CCS(=O)(=O)c2ccccc21. The molecule has 2 heterocycles.